The molecule has 1 aliphatic heterocycles. The summed E-state index contributed by atoms with van der Waals surface area (Å²) in [5, 5.41) is 7.25. The molecule has 1 aromatic carbocycles. The number of amides is 1. The fourth-order valence-electron chi connectivity index (χ4n) is 4.38. The summed E-state index contributed by atoms with van der Waals surface area (Å²) in [4.78, 5) is 38.1. The van der Waals surface area contributed by atoms with Crippen molar-refractivity contribution in [1.29, 1.82) is 0 Å². The number of hydrogen-bond donors (Lipinski definition) is 3. The number of carbonyl (C=O) groups excluding carboxylic acids is 1. The van der Waals surface area contributed by atoms with Gasteiger partial charge in [0.1, 0.15) is 6.04 Å². The molecule has 9 heteroatoms. The van der Waals surface area contributed by atoms with Gasteiger partial charge in [0, 0.05) is 41.5 Å². The van der Waals surface area contributed by atoms with Crippen molar-refractivity contribution in [2.75, 3.05) is 5.32 Å². The van der Waals surface area contributed by atoms with Gasteiger partial charge >= 0.3 is 0 Å². The lowest BCUT2D eigenvalue weighted by Crippen LogP contribution is -2.36. The second kappa shape index (κ2) is 8.71. The fourth-order valence-corrected chi connectivity index (χ4v) is 4.74. The topological polar surface area (TPSA) is 105 Å². The number of hydrogen-bond acceptors (Lipinski definition) is 5. The molecule has 33 heavy (non-hydrogen) atoms. The number of nitrogens with one attached hydrogen (secondary N) is 3. The zero-order valence-corrected chi connectivity index (χ0v) is 18.8. The molecule has 8 nitrogen and oxygen atoms in total. The van der Waals surface area contributed by atoms with Crippen LogP contribution in [0, 0.1) is 0 Å². The van der Waals surface area contributed by atoms with E-state index in [0.29, 0.717) is 25.2 Å². The first-order valence-corrected chi connectivity index (χ1v) is 11.2. The fraction of sp³-hybridized carbons (Fsp3) is 0.250. The lowest BCUT2D eigenvalue weighted by Gasteiger charge is -2.16. The van der Waals surface area contributed by atoms with Crippen molar-refractivity contribution in [2.45, 2.75) is 38.4 Å². The summed E-state index contributed by atoms with van der Waals surface area (Å²) in [5.41, 5.74) is 3.09. The van der Waals surface area contributed by atoms with Crippen molar-refractivity contribution in [3.63, 3.8) is 0 Å². The monoisotopic (exact) mass is 462 g/mol. The van der Waals surface area contributed by atoms with E-state index < -0.39 is 6.04 Å². The third-order valence-corrected chi connectivity index (χ3v) is 6.27. The number of anilines is 1. The van der Waals surface area contributed by atoms with Crippen molar-refractivity contribution in [3.8, 4) is 0 Å². The highest BCUT2D eigenvalue weighted by molar-refractivity contribution is 6.30. The van der Waals surface area contributed by atoms with E-state index in [1.165, 1.54) is 4.57 Å². The average Bonchev–Trinajstić information content (AvgIpc) is 3.40. The van der Waals surface area contributed by atoms with Gasteiger partial charge in [-0.3, -0.25) is 19.1 Å². The largest absolute Gasteiger partial charge is 0.361 e. The summed E-state index contributed by atoms with van der Waals surface area (Å²) >= 11 is 6.46. The van der Waals surface area contributed by atoms with Crippen LogP contribution in [-0.2, 0) is 17.9 Å². The summed E-state index contributed by atoms with van der Waals surface area (Å²) in [5.74, 6) is -0.144. The van der Waals surface area contributed by atoms with Crippen LogP contribution in [-0.4, -0.2) is 25.4 Å². The molecule has 0 saturated heterocycles. The molecule has 0 unspecified atom stereocenters. The maximum atomic E-state index is 13.3. The molecule has 0 saturated carbocycles. The van der Waals surface area contributed by atoms with Crippen LogP contribution >= 0.6 is 11.6 Å². The van der Waals surface area contributed by atoms with E-state index in [-0.39, 0.29) is 28.4 Å². The number of carbonyl (C=O) groups is 1. The molecule has 0 bridgehead atoms. The molecule has 0 aliphatic carbocycles. The molecule has 4 aromatic rings. The second-order valence-electron chi connectivity index (χ2n) is 8.28. The van der Waals surface area contributed by atoms with Crippen molar-refractivity contribution in [1.82, 2.24) is 24.8 Å². The van der Waals surface area contributed by atoms with Gasteiger partial charge in [-0.15, -0.1) is 0 Å². The molecule has 3 aromatic heterocycles. The molecule has 3 N–H and O–H groups in total. The Morgan fingerprint density at radius 1 is 1.24 bits per heavy atom. The highest BCUT2D eigenvalue weighted by Crippen LogP contribution is 2.38. The van der Waals surface area contributed by atoms with E-state index in [1.807, 2.05) is 49.4 Å². The smallest absolute Gasteiger partial charge is 0.294 e. The third kappa shape index (κ3) is 4.09. The predicted molar refractivity (Wildman–Crippen MR) is 127 cm³/mol. The number of aromatic amines is 1. The maximum Gasteiger partial charge on any atom is 0.294 e. The molecule has 4 heterocycles. The molecule has 1 amide bonds. The van der Waals surface area contributed by atoms with Crippen LogP contribution < -0.4 is 16.2 Å². The lowest BCUT2D eigenvalue weighted by molar-refractivity contribution is -0.124. The Kier molecular flexibility index (Phi) is 5.60. The van der Waals surface area contributed by atoms with Gasteiger partial charge in [-0.2, -0.15) is 0 Å². The number of benzene rings is 1. The Morgan fingerprint density at radius 3 is 2.85 bits per heavy atom. The van der Waals surface area contributed by atoms with Gasteiger partial charge in [0.15, 0.2) is 11.0 Å². The van der Waals surface area contributed by atoms with Gasteiger partial charge in [-0.05, 0) is 24.1 Å². The lowest BCUT2D eigenvalue weighted by atomic mass is 10.0. The summed E-state index contributed by atoms with van der Waals surface area (Å²) in [6.07, 6.45) is 3.97. The number of pyridine rings is 1. The Balaban J connectivity index is 1.37. The minimum atomic E-state index is -0.647. The average molecular weight is 463 g/mol. The number of aromatic nitrogens is 4. The number of nitrogens with zero attached hydrogens (tertiary/aromatic N) is 3. The van der Waals surface area contributed by atoms with E-state index in [1.54, 1.807) is 12.4 Å². The quantitative estimate of drug-likeness (QED) is 0.405. The minimum Gasteiger partial charge on any atom is -0.361 e. The molecule has 0 fully saturated rings. The molecule has 5 rings (SSSR count). The van der Waals surface area contributed by atoms with Crippen LogP contribution in [0.3, 0.4) is 0 Å². The normalized spacial score (nSPS) is 17.2. The first-order valence-electron chi connectivity index (χ1n) is 10.8. The van der Waals surface area contributed by atoms with Crippen LogP contribution in [0.25, 0.3) is 10.9 Å². The summed E-state index contributed by atoms with van der Waals surface area (Å²) < 4.78 is 1.50. The number of H-pyrrole nitrogens is 1. The first kappa shape index (κ1) is 21.2. The van der Waals surface area contributed by atoms with Crippen LogP contribution in [0.15, 0.2) is 59.7 Å². The first-order chi connectivity index (χ1) is 16.0. The van der Waals surface area contributed by atoms with Gasteiger partial charge < -0.3 is 15.6 Å². The van der Waals surface area contributed by atoms with E-state index in [4.69, 9.17) is 11.6 Å². The van der Waals surface area contributed by atoms with Gasteiger partial charge in [-0.1, -0.05) is 48.9 Å². The van der Waals surface area contributed by atoms with Crippen LogP contribution in [0.5, 0.6) is 0 Å². The second-order valence-corrected chi connectivity index (χ2v) is 8.64. The zero-order valence-electron chi connectivity index (χ0n) is 18.0. The Morgan fingerprint density at radius 2 is 2.06 bits per heavy atom. The molecule has 0 radical (unpaired) electrons. The highest BCUT2D eigenvalue weighted by atomic mass is 35.5. The maximum absolute atomic E-state index is 13.3. The van der Waals surface area contributed by atoms with Crippen LogP contribution in [0.2, 0.25) is 5.15 Å². The highest BCUT2D eigenvalue weighted by Gasteiger charge is 2.37. The van der Waals surface area contributed by atoms with E-state index in [9.17, 15) is 9.59 Å². The minimum absolute atomic E-state index is 0.0595. The number of rotatable bonds is 6. The van der Waals surface area contributed by atoms with Crippen molar-refractivity contribution < 1.29 is 4.79 Å². The van der Waals surface area contributed by atoms with Crippen molar-refractivity contribution in [2.24, 2.45) is 0 Å². The molecular weight excluding hydrogens is 440 g/mol. The summed E-state index contributed by atoms with van der Waals surface area (Å²) in [6.45, 7) is 2.70. The molecular formula is C24H23ClN6O2. The Bertz CT molecular complexity index is 1350. The van der Waals surface area contributed by atoms with Gasteiger partial charge in [-0.25, -0.2) is 4.98 Å². The van der Waals surface area contributed by atoms with E-state index >= 15 is 0 Å². The predicted octanol–water partition coefficient (Wildman–Crippen LogP) is 3.75. The van der Waals surface area contributed by atoms with E-state index in [0.717, 1.165) is 22.2 Å². The van der Waals surface area contributed by atoms with Gasteiger partial charge in [0.2, 0.25) is 5.91 Å². The molecule has 1 aliphatic rings. The molecule has 0 spiro atoms. The van der Waals surface area contributed by atoms with E-state index in [2.05, 4.69) is 25.6 Å². The molecule has 168 valence electrons. The SMILES string of the molecule is C[C@H]1C[C@@H](C(=O)NCc2cc3cnccc3[nH]2)n2c1c(Cl)nc(NCc1ccccc1)c2=O. The summed E-state index contributed by atoms with van der Waals surface area (Å²) in [6, 6.07) is 12.9. The standard InChI is InChI=1S/C24H23ClN6O2/c1-14-9-19(23(32)28-13-17-10-16-12-26-8-7-18(16)29-17)31-20(14)21(25)30-22(24(31)33)27-11-15-5-3-2-4-6-15/h2-8,10,12,14,19,29H,9,11,13H2,1H3,(H,27,30)(H,28,32)/t14-,19-/m0/s1. The summed E-state index contributed by atoms with van der Waals surface area (Å²) in [7, 11) is 0. The van der Waals surface area contributed by atoms with Crippen LogP contribution in [0.4, 0.5) is 5.82 Å². The van der Waals surface area contributed by atoms with Crippen molar-refractivity contribution in [3.05, 3.63) is 87.3 Å². The number of halogens is 1. The van der Waals surface area contributed by atoms with Crippen molar-refractivity contribution >= 4 is 34.2 Å². The molecule has 2 atom stereocenters. The third-order valence-electron chi connectivity index (χ3n) is 5.99. The van der Waals surface area contributed by atoms with Crippen LogP contribution in [0.1, 0.15) is 42.3 Å². The number of fused-ring (bicyclic) bond motifs is 2. The van der Waals surface area contributed by atoms with Gasteiger partial charge in [0.05, 0.1) is 12.2 Å². The van der Waals surface area contributed by atoms with Gasteiger partial charge in [0.25, 0.3) is 5.56 Å². The zero-order chi connectivity index (χ0) is 22.9. The Labute approximate surface area is 195 Å². The Hall–Kier alpha value is -3.65.